The van der Waals surface area contributed by atoms with Gasteiger partial charge in [0.05, 0.1) is 11.7 Å². The van der Waals surface area contributed by atoms with E-state index >= 15 is 0 Å². The van der Waals surface area contributed by atoms with E-state index in [1.807, 2.05) is 0 Å². The van der Waals surface area contributed by atoms with Crippen molar-refractivity contribution in [1.29, 1.82) is 0 Å². The summed E-state index contributed by atoms with van der Waals surface area (Å²) in [5.41, 5.74) is 0.747. The summed E-state index contributed by atoms with van der Waals surface area (Å²) in [5.74, 6) is -0.712. The fraction of sp³-hybridized carbons (Fsp3) is 0.533. The highest BCUT2D eigenvalue weighted by Gasteiger charge is 2.23. The molecule has 4 heteroatoms. The van der Waals surface area contributed by atoms with Gasteiger partial charge in [0, 0.05) is 18.8 Å². The summed E-state index contributed by atoms with van der Waals surface area (Å²) in [6.07, 6.45) is 4.32. The average molecular weight is 265 g/mol. The standard InChI is InChI=1S/C15H20FNO2/c1-10(18)15-13(16)7-4-8-14(15)17-11-5-3-6-12(9-11)19-2/h4,7-8,11-12,17H,3,5-6,9H2,1-2H3. The van der Waals surface area contributed by atoms with Crippen LogP contribution >= 0.6 is 0 Å². The van der Waals surface area contributed by atoms with Gasteiger partial charge in [0.25, 0.3) is 0 Å². The van der Waals surface area contributed by atoms with Crippen LogP contribution in [0.1, 0.15) is 43.0 Å². The molecule has 0 bridgehead atoms. The number of nitrogens with one attached hydrogen (secondary N) is 1. The topological polar surface area (TPSA) is 38.3 Å². The number of Topliss-reactive ketones (excluding diaryl/α,β-unsaturated/α-hetero) is 1. The van der Waals surface area contributed by atoms with Crippen LogP contribution in [0.5, 0.6) is 0 Å². The summed E-state index contributed by atoms with van der Waals surface area (Å²) < 4.78 is 19.1. The van der Waals surface area contributed by atoms with E-state index in [-0.39, 0.29) is 23.5 Å². The number of rotatable bonds is 4. The fourth-order valence-corrected chi connectivity index (χ4v) is 2.71. The summed E-state index contributed by atoms with van der Waals surface area (Å²) in [4.78, 5) is 11.5. The molecule has 1 aromatic carbocycles. The van der Waals surface area contributed by atoms with Crippen molar-refractivity contribution in [3.8, 4) is 0 Å². The molecule has 1 aliphatic carbocycles. The summed E-state index contributed by atoms with van der Waals surface area (Å²) in [6.45, 7) is 1.39. The number of benzene rings is 1. The summed E-state index contributed by atoms with van der Waals surface area (Å²) >= 11 is 0. The first-order chi connectivity index (χ1) is 9.11. The molecule has 0 spiro atoms. The minimum absolute atomic E-state index is 0.155. The van der Waals surface area contributed by atoms with Gasteiger partial charge < -0.3 is 10.1 Å². The minimum atomic E-state index is -0.461. The Bertz CT molecular complexity index is 461. The number of anilines is 1. The van der Waals surface area contributed by atoms with Gasteiger partial charge in [0.1, 0.15) is 5.82 Å². The van der Waals surface area contributed by atoms with Gasteiger partial charge in [0.2, 0.25) is 0 Å². The van der Waals surface area contributed by atoms with Crippen molar-refractivity contribution < 1.29 is 13.9 Å². The Hall–Kier alpha value is -1.42. The van der Waals surface area contributed by atoms with E-state index in [1.165, 1.54) is 13.0 Å². The van der Waals surface area contributed by atoms with Crippen molar-refractivity contribution in [2.75, 3.05) is 12.4 Å². The Morgan fingerprint density at radius 1 is 1.42 bits per heavy atom. The lowest BCUT2D eigenvalue weighted by Crippen LogP contribution is -2.31. The lowest BCUT2D eigenvalue weighted by molar-refractivity contribution is 0.0669. The van der Waals surface area contributed by atoms with E-state index < -0.39 is 5.82 Å². The van der Waals surface area contributed by atoms with Crippen molar-refractivity contribution in [3.63, 3.8) is 0 Å². The van der Waals surface area contributed by atoms with Gasteiger partial charge in [-0.1, -0.05) is 6.07 Å². The summed E-state index contributed by atoms with van der Waals surface area (Å²) in [5, 5.41) is 3.30. The number of hydrogen-bond donors (Lipinski definition) is 1. The molecular formula is C15H20FNO2. The third kappa shape index (κ3) is 3.32. The second kappa shape index (κ2) is 6.15. The predicted octanol–water partition coefficient (Wildman–Crippen LogP) is 3.40. The second-order valence-corrected chi connectivity index (χ2v) is 5.08. The Kier molecular flexibility index (Phi) is 4.53. The molecule has 0 amide bonds. The quantitative estimate of drug-likeness (QED) is 0.848. The molecule has 1 aromatic rings. The zero-order valence-corrected chi connectivity index (χ0v) is 11.4. The molecule has 1 fully saturated rings. The summed E-state index contributed by atoms with van der Waals surface area (Å²) in [7, 11) is 1.72. The van der Waals surface area contributed by atoms with E-state index in [0.717, 1.165) is 25.7 Å². The van der Waals surface area contributed by atoms with E-state index in [2.05, 4.69) is 5.32 Å². The maximum Gasteiger partial charge on any atom is 0.164 e. The Morgan fingerprint density at radius 3 is 2.89 bits per heavy atom. The van der Waals surface area contributed by atoms with Crippen molar-refractivity contribution >= 4 is 11.5 Å². The van der Waals surface area contributed by atoms with Gasteiger partial charge in [-0.25, -0.2) is 4.39 Å². The van der Waals surface area contributed by atoms with Crippen molar-refractivity contribution in [2.24, 2.45) is 0 Å². The second-order valence-electron chi connectivity index (χ2n) is 5.08. The first kappa shape index (κ1) is 14.0. The number of hydrogen-bond acceptors (Lipinski definition) is 3. The van der Waals surface area contributed by atoms with Crippen LogP contribution in [-0.2, 0) is 4.74 Å². The van der Waals surface area contributed by atoms with Crippen LogP contribution in [0.4, 0.5) is 10.1 Å². The molecule has 0 heterocycles. The van der Waals surface area contributed by atoms with E-state index in [9.17, 15) is 9.18 Å². The Balaban J connectivity index is 2.14. The maximum atomic E-state index is 13.7. The third-order valence-corrected chi connectivity index (χ3v) is 3.68. The third-order valence-electron chi connectivity index (χ3n) is 3.68. The molecule has 0 aliphatic heterocycles. The van der Waals surface area contributed by atoms with Gasteiger partial charge in [-0.15, -0.1) is 0 Å². The number of halogens is 1. The molecule has 3 nitrogen and oxygen atoms in total. The molecule has 2 atom stereocenters. The van der Waals surface area contributed by atoms with Crippen LogP contribution in [0.3, 0.4) is 0 Å². The molecule has 0 aromatic heterocycles. The smallest absolute Gasteiger partial charge is 0.164 e. The van der Waals surface area contributed by atoms with Crippen LogP contribution in [0.25, 0.3) is 0 Å². The van der Waals surface area contributed by atoms with Crippen LogP contribution in [0.15, 0.2) is 18.2 Å². The highest BCUT2D eigenvalue weighted by Crippen LogP contribution is 2.26. The molecule has 0 saturated heterocycles. The van der Waals surface area contributed by atoms with Gasteiger partial charge >= 0.3 is 0 Å². The summed E-state index contributed by atoms with van der Waals surface area (Å²) in [6, 6.07) is 4.94. The van der Waals surface area contributed by atoms with Crippen LogP contribution in [0, 0.1) is 5.82 Å². The van der Waals surface area contributed by atoms with Crippen LogP contribution in [-0.4, -0.2) is 25.0 Å². The normalized spacial score (nSPS) is 23.1. The van der Waals surface area contributed by atoms with Crippen molar-refractivity contribution in [3.05, 3.63) is 29.6 Å². The molecule has 19 heavy (non-hydrogen) atoms. The van der Waals surface area contributed by atoms with E-state index in [0.29, 0.717) is 5.69 Å². The molecule has 1 aliphatic rings. The average Bonchev–Trinajstić information content (AvgIpc) is 2.38. The van der Waals surface area contributed by atoms with E-state index in [1.54, 1.807) is 19.2 Å². The first-order valence-electron chi connectivity index (χ1n) is 6.70. The van der Waals surface area contributed by atoms with E-state index in [4.69, 9.17) is 4.74 Å². The van der Waals surface area contributed by atoms with Gasteiger partial charge in [0.15, 0.2) is 5.78 Å². The number of methoxy groups -OCH3 is 1. The Morgan fingerprint density at radius 2 is 2.21 bits per heavy atom. The Labute approximate surface area is 113 Å². The molecule has 1 saturated carbocycles. The molecule has 104 valence electrons. The highest BCUT2D eigenvalue weighted by atomic mass is 19.1. The molecule has 1 N–H and O–H groups in total. The fourth-order valence-electron chi connectivity index (χ4n) is 2.71. The molecule has 2 rings (SSSR count). The van der Waals surface area contributed by atoms with Gasteiger partial charge in [-0.05, 0) is 44.7 Å². The SMILES string of the molecule is COC1CCCC(Nc2cccc(F)c2C(C)=O)C1. The molecule has 0 radical (unpaired) electrons. The van der Waals surface area contributed by atoms with Crippen molar-refractivity contribution in [2.45, 2.75) is 44.8 Å². The maximum absolute atomic E-state index is 13.7. The lowest BCUT2D eigenvalue weighted by Gasteiger charge is -2.30. The number of carbonyl (C=O) groups is 1. The molecular weight excluding hydrogens is 245 g/mol. The zero-order chi connectivity index (χ0) is 13.8. The largest absolute Gasteiger partial charge is 0.382 e. The van der Waals surface area contributed by atoms with Gasteiger partial charge in [-0.2, -0.15) is 0 Å². The van der Waals surface area contributed by atoms with Crippen LogP contribution in [0.2, 0.25) is 0 Å². The first-order valence-corrected chi connectivity index (χ1v) is 6.70. The van der Waals surface area contributed by atoms with Gasteiger partial charge in [-0.3, -0.25) is 4.79 Å². The molecule has 2 unspecified atom stereocenters. The highest BCUT2D eigenvalue weighted by molar-refractivity contribution is 5.99. The zero-order valence-electron chi connectivity index (χ0n) is 11.4. The van der Waals surface area contributed by atoms with Crippen molar-refractivity contribution in [1.82, 2.24) is 0 Å². The predicted molar refractivity (Wildman–Crippen MR) is 73.1 cm³/mol. The number of ether oxygens (including phenoxy) is 1. The lowest BCUT2D eigenvalue weighted by atomic mass is 9.92. The van der Waals surface area contributed by atoms with Crippen LogP contribution < -0.4 is 5.32 Å². The number of ketones is 1. The monoisotopic (exact) mass is 265 g/mol. The number of carbonyl (C=O) groups excluding carboxylic acids is 1. The minimum Gasteiger partial charge on any atom is -0.382 e.